The summed E-state index contributed by atoms with van der Waals surface area (Å²) in [7, 11) is 0. The lowest BCUT2D eigenvalue weighted by Crippen LogP contribution is -2.37. The predicted octanol–water partition coefficient (Wildman–Crippen LogP) is 2.72. The number of nitrogens with zero attached hydrogens (tertiary/aromatic N) is 3. The lowest BCUT2D eigenvalue weighted by Gasteiger charge is -2.22. The van der Waals surface area contributed by atoms with Gasteiger partial charge in [-0.25, -0.2) is 0 Å². The van der Waals surface area contributed by atoms with E-state index < -0.39 is 0 Å². The predicted molar refractivity (Wildman–Crippen MR) is 83.4 cm³/mol. The third-order valence-electron chi connectivity index (χ3n) is 4.31. The summed E-state index contributed by atoms with van der Waals surface area (Å²) < 4.78 is 2.16. The molecule has 6 heteroatoms. The molecule has 1 heterocycles. The Morgan fingerprint density at radius 3 is 2.67 bits per heavy atom. The quantitative estimate of drug-likeness (QED) is 0.821. The van der Waals surface area contributed by atoms with Crippen molar-refractivity contribution in [3.63, 3.8) is 0 Å². The van der Waals surface area contributed by atoms with Crippen molar-refractivity contribution >= 4 is 17.7 Å². The molecule has 3 rings (SSSR count). The van der Waals surface area contributed by atoms with Crippen LogP contribution < -0.4 is 5.32 Å². The van der Waals surface area contributed by atoms with Crippen LogP contribution in [0, 0.1) is 0 Å². The number of hydrogen-bond donors (Lipinski definition) is 1. The Bertz CT molecular complexity index is 492. The zero-order valence-electron chi connectivity index (χ0n) is 12.7. The highest BCUT2D eigenvalue weighted by Crippen LogP contribution is 2.39. The van der Waals surface area contributed by atoms with E-state index in [1.165, 1.54) is 43.9 Å². The van der Waals surface area contributed by atoms with Gasteiger partial charge in [0.1, 0.15) is 5.82 Å². The maximum absolute atomic E-state index is 12.0. The highest BCUT2D eigenvalue weighted by atomic mass is 32.2. The standard InChI is InChI=1S/C15H24N4OS/c1-2-19-14(11-8-9-11)17-18-15(19)21-10-13(20)16-12-6-4-3-5-7-12/h11-12H,2-10H2,1H3,(H,16,20). The largest absolute Gasteiger partial charge is 0.353 e. The SMILES string of the molecule is CCn1c(SCC(=O)NC2CCCCC2)nnc1C1CC1. The Morgan fingerprint density at radius 1 is 1.24 bits per heavy atom. The molecule has 0 radical (unpaired) electrons. The molecule has 0 bridgehead atoms. The van der Waals surface area contributed by atoms with Crippen molar-refractivity contribution < 1.29 is 4.79 Å². The van der Waals surface area contributed by atoms with Crippen molar-refractivity contribution in [1.29, 1.82) is 0 Å². The summed E-state index contributed by atoms with van der Waals surface area (Å²) in [5.41, 5.74) is 0. The average Bonchev–Trinajstić information content (AvgIpc) is 3.26. The van der Waals surface area contributed by atoms with E-state index in [0.29, 0.717) is 17.7 Å². The lowest BCUT2D eigenvalue weighted by molar-refractivity contribution is -0.119. The van der Waals surface area contributed by atoms with Gasteiger partial charge < -0.3 is 9.88 Å². The Balaban J connectivity index is 1.51. The van der Waals surface area contributed by atoms with Crippen LogP contribution >= 0.6 is 11.8 Å². The lowest BCUT2D eigenvalue weighted by atomic mass is 9.95. The van der Waals surface area contributed by atoms with Crippen molar-refractivity contribution in [3.8, 4) is 0 Å². The molecule has 2 aliphatic rings. The number of nitrogens with one attached hydrogen (secondary N) is 1. The molecule has 2 saturated carbocycles. The van der Waals surface area contributed by atoms with Crippen LogP contribution in [0.4, 0.5) is 0 Å². The Hall–Kier alpha value is -1.04. The molecule has 1 amide bonds. The van der Waals surface area contributed by atoms with E-state index in [0.717, 1.165) is 30.4 Å². The second kappa shape index (κ2) is 6.81. The van der Waals surface area contributed by atoms with Gasteiger partial charge in [0.15, 0.2) is 5.16 Å². The van der Waals surface area contributed by atoms with Gasteiger partial charge in [0, 0.05) is 18.5 Å². The van der Waals surface area contributed by atoms with Crippen molar-refractivity contribution in [2.24, 2.45) is 0 Å². The first kappa shape index (κ1) is 14.9. The molecule has 0 saturated heterocycles. The van der Waals surface area contributed by atoms with Gasteiger partial charge in [-0.2, -0.15) is 0 Å². The fourth-order valence-corrected chi connectivity index (χ4v) is 3.81. The molecule has 0 spiro atoms. The Morgan fingerprint density at radius 2 is 2.00 bits per heavy atom. The van der Waals surface area contributed by atoms with Crippen molar-refractivity contribution in [2.75, 3.05) is 5.75 Å². The van der Waals surface area contributed by atoms with E-state index in [-0.39, 0.29) is 5.91 Å². The van der Waals surface area contributed by atoms with Crippen LogP contribution in [0.5, 0.6) is 0 Å². The highest BCUT2D eigenvalue weighted by Gasteiger charge is 2.30. The van der Waals surface area contributed by atoms with Gasteiger partial charge in [0.25, 0.3) is 0 Å². The molecule has 0 aromatic carbocycles. The van der Waals surface area contributed by atoms with Gasteiger partial charge in [0.05, 0.1) is 5.75 Å². The van der Waals surface area contributed by atoms with E-state index in [1.54, 1.807) is 0 Å². The Kier molecular flexibility index (Phi) is 4.83. The van der Waals surface area contributed by atoms with Gasteiger partial charge in [-0.15, -0.1) is 10.2 Å². The average molecular weight is 308 g/mol. The molecule has 2 aliphatic carbocycles. The fourth-order valence-electron chi connectivity index (χ4n) is 2.99. The van der Waals surface area contributed by atoms with Gasteiger partial charge in [0.2, 0.25) is 5.91 Å². The van der Waals surface area contributed by atoms with Crippen molar-refractivity contribution in [3.05, 3.63) is 5.82 Å². The number of amides is 1. The molecule has 1 aromatic heterocycles. The second-order valence-corrected chi connectivity index (χ2v) is 6.99. The minimum absolute atomic E-state index is 0.130. The molecule has 0 unspecified atom stereocenters. The van der Waals surface area contributed by atoms with E-state index in [4.69, 9.17) is 0 Å². The maximum Gasteiger partial charge on any atom is 0.230 e. The minimum Gasteiger partial charge on any atom is -0.353 e. The first-order chi connectivity index (χ1) is 10.3. The van der Waals surface area contributed by atoms with Crippen LogP contribution in [0.1, 0.15) is 63.6 Å². The molecule has 0 atom stereocenters. The van der Waals surface area contributed by atoms with Gasteiger partial charge >= 0.3 is 0 Å². The summed E-state index contributed by atoms with van der Waals surface area (Å²) in [6, 6.07) is 0.387. The molecular weight excluding hydrogens is 284 g/mol. The molecular formula is C15H24N4OS. The van der Waals surface area contributed by atoms with Crippen LogP contribution in [-0.4, -0.2) is 32.5 Å². The number of hydrogen-bond acceptors (Lipinski definition) is 4. The molecule has 2 fully saturated rings. The molecule has 1 aromatic rings. The van der Waals surface area contributed by atoms with Crippen molar-refractivity contribution in [2.45, 2.75) is 75.5 Å². The van der Waals surface area contributed by atoms with E-state index in [1.807, 2.05) is 0 Å². The highest BCUT2D eigenvalue weighted by molar-refractivity contribution is 7.99. The van der Waals surface area contributed by atoms with Gasteiger partial charge in [-0.1, -0.05) is 31.0 Å². The number of carbonyl (C=O) groups is 1. The van der Waals surface area contributed by atoms with Crippen LogP contribution in [0.25, 0.3) is 0 Å². The minimum atomic E-state index is 0.130. The zero-order chi connectivity index (χ0) is 14.7. The van der Waals surface area contributed by atoms with Gasteiger partial charge in [-0.3, -0.25) is 4.79 Å². The topological polar surface area (TPSA) is 59.8 Å². The number of thioether (sulfide) groups is 1. The number of carbonyl (C=O) groups excluding carboxylic acids is 1. The fraction of sp³-hybridized carbons (Fsp3) is 0.800. The summed E-state index contributed by atoms with van der Waals surface area (Å²) in [5, 5.41) is 12.6. The second-order valence-electron chi connectivity index (χ2n) is 6.05. The van der Waals surface area contributed by atoms with E-state index >= 15 is 0 Å². The first-order valence-corrected chi connectivity index (χ1v) is 9.11. The number of rotatable bonds is 6. The maximum atomic E-state index is 12.0. The molecule has 0 aliphatic heterocycles. The van der Waals surface area contributed by atoms with Crippen LogP contribution in [0.3, 0.4) is 0 Å². The molecule has 116 valence electrons. The summed E-state index contributed by atoms with van der Waals surface area (Å²) in [5.74, 6) is 2.28. The smallest absolute Gasteiger partial charge is 0.230 e. The van der Waals surface area contributed by atoms with Crippen molar-refractivity contribution in [1.82, 2.24) is 20.1 Å². The van der Waals surface area contributed by atoms with E-state index in [2.05, 4.69) is 27.0 Å². The normalized spacial score (nSPS) is 19.7. The third kappa shape index (κ3) is 3.78. The van der Waals surface area contributed by atoms with Crippen LogP contribution in [-0.2, 0) is 11.3 Å². The summed E-state index contributed by atoms with van der Waals surface area (Å²) >= 11 is 1.51. The third-order valence-corrected chi connectivity index (χ3v) is 5.27. The molecule has 21 heavy (non-hydrogen) atoms. The van der Waals surface area contributed by atoms with Gasteiger partial charge in [-0.05, 0) is 32.6 Å². The van der Waals surface area contributed by atoms with E-state index in [9.17, 15) is 4.79 Å². The summed E-state index contributed by atoms with van der Waals surface area (Å²) in [4.78, 5) is 12.0. The number of aromatic nitrogens is 3. The molecule has 1 N–H and O–H groups in total. The zero-order valence-corrected chi connectivity index (χ0v) is 13.5. The molecule has 5 nitrogen and oxygen atoms in total. The van der Waals surface area contributed by atoms with Crippen LogP contribution in [0.2, 0.25) is 0 Å². The summed E-state index contributed by atoms with van der Waals surface area (Å²) in [6.07, 6.45) is 8.52. The first-order valence-electron chi connectivity index (χ1n) is 8.13. The Labute approximate surface area is 130 Å². The van der Waals surface area contributed by atoms with Crippen LogP contribution in [0.15, 0.2) is 5.16 Å². The monoisotopic (exact) mass is 308 g/mol. The summed E-state index contributed by atoms with van der Waals surface area (Å²) in [6.45, 7) is 2.99.